The monoisotopic (exact) mass is 323 g/mol. The van der Waals surface area contributed by atoms with Crippen molar-refractivity contribution in [3.8, 4) is 0 Å². The SMILES string of the molecule is NCC(CCc1ccsc1)Cc1cccc(Br)c1. The van der Waals surface area contributed by atoms with E-state index in [0.717, 1.165) is 23.9 Å². The Morgan fingerprint density at radius 2 is 2.11 bits per heavy atom. The summed E-state index contributed by atoms with van der Waals surface area (Å²) in [6, 6.07) is 10.7. The standard InChI is InChI=1S/C15H18BrNS/c16-15-3-1-2-13(9-15)8-14(10-17)5-4-12-6-7-18-11-12/h1-3,6-7,9,11,14H,4-5,8,10,17H2. The van der Waals surface area contributed by atoms with E-state index in [0.29, 0.717) is 5.92 Å². The molecular formula is C15H18BrNS. The van der Waals surface area contributed by atoms with Gasteiger partial charge in [0.15, 0.2) is 0 Å². The lowest BCUT2D eigenvalue weighted by atomic mass is 9.93. The molecule has 18 heavy (non-hydrogen) atoms. The summed E-state index contributed by atoms with van der Waals surface area (Å²) in [6.07, 6.45) is 3.37. The number of benzene rings is 1. The molecular weight excluding hydrogens is 306 g/mol. The van der Waals surface area contributed by atoms with Crippen LogP contribution in [0.1, 0.15) is 17.5 Å². The summed E-state index contributed by atoms with van der Waals surface area (Å²) in [6.45, 7) is 0.761. The first-order chi connectivity index (χ1) is 8.78. The molecule has 0 saturated carbocycles. The highest BCUT2D eigenvalue weighted by atomic mass is 79.9. The highest BCUT2D eigenvalue weighted by Crippen LogP contribution is 2.18. The zero-order chi connectivity index (χ0) is 12.8. The van der Waals surface area contributed by atoms with Crippen LogP contribution in [0.4, 0.5) is 0 Å². The Kier molecular flexibility index (Phi) is 5.42. The van der Waals surface area contributed by atoms with Gasteiger partial charge in [-0.15, -0.1) is 0 Å². The lowest BCUT2D eigenvalue weighted by Gasteiger charge is -2.14. The van der Waals surface area contributed by atoms with Crippen molar-refractivity contribution >= 4 is 27.3 Å². The normalized spacial score (nSPS) is 12.6. The quantitative estimate of drug-likeness (QED) is 0.844. The van der Waals surface area contributed by atoms with Crippen LogP contribution in [0, 0.1) is 5.92 Å². The van der Waals surface area contributed by atoms with E-state index in [1.165, 1.54) is 17.5 Å². The smallest absolute Gasteiger partial charge is 0.0177 e. The van der Waals surface area contributed by atoms with E-state index in [1.807, 2.05) is 0 Å². The van der Waals surface area contributed by atoms with Crippen molar-refractivity contribution in [1.82, 2.24) is 0 Å². The van der Waals surface area contributed by atoms with Crippen LogP contribution in [0.2, 0.25) is 0 Å². The van der Waals surface area contributed by atoms with E-state index < -0.39 is 0 Å². The summed E-state index contributed by atoms with van der Waals surface area (Å²) in [5.41, 5.74) is 8.69. The first-order valence-electron chi connectivity index (χ1n) is 6.23. The van der Waals surface area contributed by atoms with Gasteiger partial charge in [0.1, 0.15) is 0 Å². The number of aryl methyl sites for hydroxylation is 1. The van der Waals surface area contributed by atoms with Crippen LogP contribution in [-0.4, -0.2) is 6.54 Å². The molecule has 1 nitrogen and oxygen atoms in total. The molecule has 96 valence electrons. The lowest BCUT2D eigenvalue weighted by Crippen LogP contribution is -2.17. The molecule has 0 saturated heterocycles. The second-order valence-corrected chi connectivity index (χ2v) is 6.30. The average Bonchev–Trinajstić information content (AvgIpc) is 2.87. The van der Waals surface area contributed by atoms with Gasteiger partial charge in [0.05, 0.1) is 0 Å². The Balaban J connectivity index is 1.89. The van der Waals surface area contributed by atoms with Crippen molar-refractivity contribution < 1.29 is 0 Å². The van der Waals surface area contributed by atoms with E-state index in [2.05, 4.69) is 57.0 Å². The molecule has 0 aliphatic carbocycles. The average molecular weight is 324 g/mol. The minimum atomic E-state index is 0.569. The second kappa shape index (κ2) is 7.07. The van der Waals surface area contributed by atoms with Gasteiger partial charge in [-0.05, 0) is 71.8 Å². The summed E-state index contributed by atoms with van der Waals surface area (Å²) in [5.74, 6) is 0.569. The third kappa shape index (κ3) is 4.23. The summed E-state index contributed by atoms with van der Waals surface area (Å²) in [5, 5.41) is 4.37. The van der Waals surface area contributed by atoms with Gasteiger partial charge in [-0.1, -0.05) is 28.1 Å². The maximum atomic E-state index is 5.89. The molecule has 0 amide bonds. The van der Waals surface area contributed by atoms with Gasteiger partial charge in [0, 0.05) is 4.47 Å². The molecule has 0 fully saturated rings. The van der Waals surface area contributed by atoms with E-state index in [4.69, 9.17) is 5.73 Å². The maximum absolute atomic E-state index is 5.89. The fraction of sp³-hybridized carbons (Fsp3) is 0.333. The molecule has 1 heterocycles. The molecule has 2 aromatic rings. The Bertz CT molecular complexity index is 467. The Morgan fingerprint density at radius 1 is 1.22 bits per heavy atom. The zero-order valence-corrected chi connectivity index (χ0v) is 12.7. The molecule has 2 rings (SSSR count). The first kappa shape index (κ1) is 13.8. The molecule has 0 radical (unpaired) electrons. The van der Waals surface area contributed by atoms with Gasteiger partial charge >= 0.3 is 0 Å². The molecule has 0 aliphatic heterocycles. The zero-order valence-electron chi connectivity index (χ0n) is 10.3. The highest BCUT2D eigenvalue weighted by molar-refractivity contribution is 9.10. The third-order valence-electron chi connectivity index (χ3n) is 3.17. The second-order valence-electron chi connectivity index (χ2n) is 4.61. The molecule has 2 N–H and O–H groups in total. The Labute approximate surface area is 121 Å². The molecule has 3 heteroatoms. The van der Waals surface area contributed by atoms with Crippen molar-refractivity contribution in [2.24, 2.45) is 11.7 Å². The predicted octanol–water partition coefficient (Wildman–Crippen LogP) is 4.26. The number of thiophene rings is 1. The Hall–Kier alpha value is -0.640. The van der Waals surface area contributed by atoms with E-state index in [9.17, 15) is 0 Å². The molecule has 1 aromatic heterocycles. The number of rotatable bonds is 6. The fourth-order valence-corrected chi connectivity index (χ4v) is 3.26. The van der Waals surface area contributed by atoms with Gasteiger partial charge in [-0.2, -0.15) is 11.3 Å². The van der Waals surface area contributed by atoms with Gasteiger partial charge < -0.3 is 5.73 Å². The maximum Gasteiger partial charge on any atom is 0.0177 e. The van der Waals surface area contributed by atoms with E-state index in [1.54, 1.807) is 11.3 Å². The summed E-state index contributed by atoms with van der Waals surface area (Å²) < 4.78 is 1.15. The number of hydrogen-bond acceptors (Lipinski definition) is 2. The number of halogens is 1. The molecule has 0 aliphatic rings. The molecule has 1 atom stereocenters. The van der Waals surface area contributed by atoms with Crippen LogP contribution in [0.5, 0.6) is 0 Å². The van der Waals surface area contributed by atoms with Crippen molar-refractivity contribution in [2.45, 2.75) is 19.3 Å². The van der Waals surface area contributed by atoms with Crippen LogP contribution in [0.15, 0.2) is 45.6 Å². The van der Waals surface area contributed by atoms with Gasteiger partial charge in [0.2, 0.25) is 0 Å². The molecule has 0 spiro atoms. The van der Waals surface area contributed by atoms with Crippen molar-refractivity contribution in [3.63, 3.8) is 0 Å². The van der Waals surface area contributed by atoms with Crippen molar-refractivity contribution in [1.29, 1.82) is 0 Å². The Morgan fingerprint density at radius 3 is 2.78 bits per heavy atom. The van der Waals surface area contributed by atoms with Crippen LogP contribution < -0.4 is 5.73 Å². The van der Waals surface area contributed by atoms with Crippen molar-refractivity contribution in [3.05, 3.63) is 56.7 Å². The third-order valence-corrected chi connectivity index (χ3v) is 4.39. The van der Waals surface area contributed by atoms with Gasteiger partial charge in [0.25, 0.3) is 0 Å². The largest absolute Gasteiger partial charge is 0.330 e. The van der Waals surface area contributed by atoms with E-state index in [-0.39, 0.29) is 0 Å². The summed E-state index contributed by atoms with van der Waals surface area (Å²) >= 11 is 5.28. The minimum Gasteiger partial charge on any atom is -0.330 e. The first-order valence-corrected chi connectivity index (χ1v) is 7.97. The summed E-state index contributed by atoms with van der Waals surface area (Å²) in [4.78, 5) is 0. The van der Waals surface area contributed by atoms with Crippen LogP contribution in [-0.2, 0) is 12.8 Å². The predicted molar refractivity (Wildman–Crippen MR) is 83.0 cm³/mol. The molecule has 0 bridgehead atoms. The molecule has 1 aromatic carbocycles. The summed E-state index contributed by atoms with van der Waals surface area (Å²) in [7, 11) is 0. The van der Waals surface area contributed by atoms with Crippen LogP contribution >= 0.6 is 27.3 Å². The highest BCUT2D eigenvalue weighted by Gasteiger charge is 2.08. The van der Waals surface area contributed by atoms with Crippen LogP contribution in [0.3, 0.4) is 0 Å². The fourth-order valence-electron chi connectivity index (χ4n) is 2.11. The van der Waals surface area contributed by atoms with Gasteiger partial charge in [-0.25, -0.2) is 0 Å². The van der Waals surface area contributed by atoms with E-state index >= 15 is 0 Å². The minimum absolute atomic E-state index is 0.569. The number of nitrogens with two attached hydrogens (primary N) is 1. The van der Waals surface area contributed by atoms with Gasteiger partial charge in [-0.3, -0.25) is 0 Å². The topological polar surface area (TPSA) is 26.0 Å². The van der Waals surface area contributed by atoms with Crippen molar-refractivity contribution in [2.75, 3.05) is 6.54 Å². The lowest BCUT2D eigenvalue weighted by molar-refractivity contribution is 0.494. The number of hydrogen-bond donors (Lipinski definition) is 1. The van der Waals surface area contributed by atoms with Crippen LogP contribution in [0.25, 0.3) is 0 Å². The molecule has 1 unspecified atom stereocenters.